The van der Waals surface area contributed by atoms with Crippen molar-refractivity contribution in [3.05, 3.63) is 57.5 Å². The van der Waals surface area contributed by atoms with E-state index in [1.807, 2.05) is 0 Å². The summed E-state index contributed by atoms with van der Waals surface area (Å²) in [7, 11) is 1.34. The van der Waals surface area contributed by atoms with Crippen LogP contribution in [0.4, 0.5) is 13.2 Å². The molecule has 28 heavy (non-hydrogen) atoms. The largest absolute Gasteiger partial charge is 0.573 e. The van der Waals surface area contributed by atoms with Crippen LogP contribution >= 0.6 is 11.6 Å². The van der Waals surface area contributed by atoms with E-state index in [0.29, 0.717) is 0 Å². The van der Waals surface area contributed by atoms with Gasteiger partial charge in [0.25, 0.3) is 0 Å². The summed E-state index contributed by atoms with van der Waals surface area (Å²) in [6, 6.07) is 7.58. The van der Waals surface area contributed by atoms with Crippen molar-refractivity contribution in [2.24, 2.45) is 7.05 Å². The molecule has 0 unspecified atom stereocenters. The van der Waals surface area contributed by atoms with Crippen LogP contribution in [0.25, 0.3) is 5.69 Å². The summed E-state index contributed by atoms with van der Waals surface area (Å²) in [4.78, 5) is 12.1. The zero-order chi connectivity index (χ0) is 20.5. The number of hydrogen-bond donors (Lipinski definition) is 1. The molecule has 2 aromatic carbocycles. The zero-order valence-electron chi connectivity index (χ0n) is 14.1. The Bertz CT molecular complexity index is 1060. The second kappa shape index (κ2) is 7.43. The first-order valence-corrected chi connectivity index (χ1v) is 8.02. The third-order valence-corrected chi connectivity index (χ3v) is 3.87. The van der Waals surface area contributed by atoms with Gasteiger partial charge in [-0.15, -0.1) is 13.2 Å². The minimum atomic E-state index is -4.96. The Morgan fingerprint density at radius 2 is 1.93 bits per heavy atom. The summed E-state index contributed by atoms with van der Waals surface area (Å²) >= 11 is 5.95. The molecule has 0 aliphatic heterocycles. The van der Waals surface area contributed by atoms with E-state index in [1.54, 1.807) is 0 Å². The van der Waals surface area contributed by atoms with Gasteiger partial charge in [0.05, 0.1) is 16.3 Å². The Hall–Kier alpha value is -3.21. The average molecular weight is 417 g/mol. The van der Waals surface area contributed by atoms with Gasteiger partial charge in [-0.2, -0.15) is 9.36 Å². The van der Waals surface area contributed by atoms with Crippen LogP contribution < -0.4 is 15.2 Å². The summed E-state index contributed by atoms with van der Waals surface area (Å²) in [5.74, 6) is -0.568. The number of aromatic hydroxyl groups is 1. The van der Waals surface area contributed by atoms with Crippen molar-refractivity contribution in [1.82, 2.24) is 19.8 Å². The first-order valence-electron chi connectivity index (χ1n) is 7.64. The quantitative estimate of drug-likeness (QED) is 0.687. The van der Waals surface area contributed by atoms with E-state index in [1.165, 1.54) is 37.4 Å². The van der Waals surface area contributed by atoms with Crippen LogP contribution in [0.1, 0.15) is 5.56 Å². The lowest BCUT2D eigenvalue weighted by Gasteiger charge is -2.17. The molecule has 8 nitrogen and oxygen atoms in total. The molecule has 0 bridgehead atoms. The molecule has 1 heterocycles. The molecule has 0 amide bonds. The van der Waals surface area contributed by atoms with Gasteiger partial charge in [-0.05, 0) is 34.7 Å². The van der Waals surface area contributed by atoms with Gasteiger partial charge in [0.2, 0.25) is 0 Å². The van der Waals surface area contributed by atoms with Gasteiger partial charge in [0, 0.05) is 13.1 Å². The van der Waals surface area contributed by atoms with Crippen molar-refractivity contribution in [3.63, 3.8) is 0 Å². The molecule has 148 valence electrons. The SMILES string of the molecule is Cn1nnn(-c2cccc(OC(F)(F)F)c2COc2ccc(O)cc2Cl)c1=O. The second-order valence-electron chi connectivity index (χ2n) is 5.50. The fourth-order valence-electron chi connectivity index (χ4n) is 2.34. The highest BCUT2D eigenvalue weighted by Crippen LogP contribution is 2.33. The molecule has 0 aliphatic carbocycles. The van der Waals surface area contributed by atoms with Gasteiger partial charge in [0.1, 0.15) is 23.9 Å². The molecule has 1 aromatic heterocycles. The number of benzene rings is 2. The van der Waals surface area contributed by atoms with E-state index in [-0.39, 0.29) is 27.8 Å². The third-order valence-electron chi connectivity index (χ3n) is 3.57. The van der Waals surface area contributed by atoms with Gasteiger partial charge in [-0.1, -0.05) is 17.7 Å². The Morgan fingerprint density at radius 1 is 1.18 bits per heavy atom. The number of tetrazole rings is 1. The molecule has 0 spiro atoms. The van der Waals surface area contributed by atoms with Crippen LogP contribution in [0.3, 0.4) is 0 Å². The molecule has 3 rings (SSSR count). The fourth-order valence-corrected chi connectivity index (χ4v) is 2.57. The molecule has 12 heteroatoms. The van der Waals surface area contributed by atoms with Crippen LogP contribution in [0.15, 0.2) is 41.2 Å². The van der Waals surface area contributed by atoms with Crippen LogP contribution in [-0.2, 0) is 13.7 Å². The number of nitrogens with zero attached hydrogens (tertiary/aromatic N) is 4. The Labute approximate surface area is 160 Å². The second-order valence-corrected chi connectivity index (χ2v) is 5.91. The fraction of sp³-hybridized carbons (Fsp3) is 0.188. The maximum Gasteiger partial charge on any atom is 0.573 e. The highest BCUT2D eigenvalue weighted by molar-refractivity contribution is 6.32. The first-order chi connectivity index (χ1) is 13.2. The van der Waals surface area contributed by atoms with Gasteiger partial charge < -0.3 is 14.6 Å². The molecular formula is C16H12ClF3N4O4. The molecule has 0 fully saturated rings. The number of hydrogen-bond acceptors (Lipinski definition) is 6. The van der Waals surface area contributed by atoms with Gasteiger partial charge in [-0.3, -0.25) is 0 Å². The lowest BCUT2D eigenvalue weighted by molar-refractivity contribution is -0.275. The van der Waals surface area contributed by atoms with Gasteiger partial charge >= 0.3 is 12.1 Å². The van der Waals surface area contributed by atoms with E-state index in [4.69, 9.17) is 16.3 Å². The number of rotatable bonds is 5. The zero-order valence-corrected chi connectivity index (χ0v) is 14.9. The van der Waals surface area contributed by atoms with Crippen LogP contribution in [0, 0.1) is 0 Å². The Balaban J connectivity index is 2.04. The molecular weight excluding hydrogens is 405 g/mol. The van der Waals surface area contributed by atoms with Gasteiger partial charge in [-0.25, -0.2) is 4.79 Å². The molecule has 0 radical (unpaired) electrons. The van der Waals surface area contributed by atoms with Crippen LogP contribution in [0.5, 0.6) is 17.2 Å². The average Bonchev–Trinajstić information content (AvgIpc) is 2.93. The lowest BCUT2D eigenvalue weighted by Crippen LogP contribution is -2.24. The summed E-state index contributed by atoms with van der Waals surface area (Å²) in [6.45, 7) is -0.435. The van der Waals surface area contributed by atoms with Crippen molar-refractivity contribution in [2.45, 2.75) is 13.0 Å². The smallest absolute Gasteiger partial charge is 0.508 e. The predicted molar refractivity (Wildman–Crippen MR) is 90.7 cm³/mol. The maximum absolute atomic E-state index is 12.8. The minimum Gasteiger partial charge on any atom is -0.508 e. The number of phenolic OH excluding ortho intramolecular Hbond substituents is 1. The summed E-state index contributed by atoms with van der Waals surface area (Å²) in [6.07, 6.45) is -4.96. The van der Waals surface area contributed by atoms with Crippen molar-refractivity contribution in [2.75, 3.05) is 0 Å². The highest BCUT2D eigenvalue weighted by Gasteiger charge is 2.33. The van der Waals surface area contributed by atoms with Crippen molar-refractivity contribution in [3.8, 4) is 22.9 Å². The predicted octanol–water partition coefficient (Wildman–Crippen LogP) is 2.80. The highest BCUT2D eigenvalue weighted by atomic mass is 35.5. The number of phenols is 1. The Morgan fingerprint density at radius 3 is 2.54 bits per heavy atom. The van der Waals surface area contributed by atoms with Crippen molar-refractivity contribution in [1.29, 1.82) is 0 Å². The summed E-state index contributed by atoms with van der Waals surface area (Å²) < 4.78 is 49.7. The third kappa shape index (κ3) is 4.19. The monoisotopic (exact) mass is 416 g/mol. The van der Waals surface area contributed by atoms with Crippen LogP contribution in [-0.4, -0.2) is 31.3 Å². The van der Waals surface area contributed by atoms with E-state index < -0.39 is 24.4 Å². The summed E-state index contributed by atoms with van der Waals surface area (Å²) in [5, 5.41) is 16.6. The summed E-state index contributed by atoms with van der Waals surface area (Å²) in [5.41, 5.74) is -0.783. The molecule has 0 saturated carbocycles. The number of aryl methyl sites for hydroxylation is 1. The number of aromatic nitrogens is 4. The standard InChI is InChI=1S/C16H12ClF3N4O4/c1-23-15(26)24(22-21-23)12-3-2-4-13(28-16(18,19)20)10(12)8-27-14-6-5-9(25)7-11(14)17/h2-7,25H,8H2,1H3. The first kappa shape index (κ1) is 19.5. The van der Waals surface area contributed by atoms with Gasteiger partial charge in [0.15, 0.2) is 0 Å². The van der Waals surface area contributed by atoms with Crippen LogP contribution in [0.2, 0.25) is 5.02 Å². The molecule has 0 aliphatic rings. The molecule has 3 aromatic rings. The normalized spacial score (nSPS) is 11.5. The number of halogens is 4. The van der Waals surface area contributed by atoms with E-state index in [0.717, 1.165) is 15.4 Å². The Kier molecular flexibility index (Phi) is 5.18. The number of alkyl halides is 3. The maximum atomic E-state index is 12.8. The van der Waals surface area contributed by atoms with Crippen molar-refractivity contribution < 1.29 is 27.8 Å². The molecule has 1 N–H and O–H groups in total. The number of ether oxygens (including phenoxy) is 2. The molecule has 0 atom stereocenters. The van der Waals surface area contributed by atoms with E-state index in [9.17, 15) is 23.1 Å². The molecule has 0 saturated heterocycles. The van der Waals surface area contributed by atoms with E-state index >= 15 is 0 Å². The van der Waals surface area contributed by atoms with Crippen molar-refractivity contribution >= 4 is 11.6 Å². The lowest BCUT2D eigenvalue weighted by atomic mass is 10.1. The topological polar surface area (TPSA) is 91.4 Å². The van der Waals surface area contributed by atoms with E-state index in [2.05, 4.69) is 15.2 Å². The minimum absolute atomic E-state index is 0.00486.